The number of unbranched alkanes of at least 4 members (excludes halogenated alkanes) is 9. The van der Waals surface area contributed by atoms with Crippen LogP contribution in [-0.2, 0) is 9.59 Å². The fraction of sp³-hybridized carbons (Fsp3) is 0.583. The second-order valence-corrected chi connectivity index (χ2v) is 7.83. The smallest absolute Gasteiger partial charge is 0.232 e. The number of hydrogen-bond acceptors (Lipinski definition) is 3. The first kappa shape index (κ1) is 22.2. The molecule has 154 valence electrons. The average molecular weight is 385 g/mol. The quantitative estimate of drug-likeness (QED) is 0.343. The standard InChI is InChI=1S/C24H36N2O2/c1-3-4-5-6-7-8-9-10-11-14-17-26-23-16-13-12-15-22(23)25-21(18-20(2)27)19-24(26)28/h12-13,15-16,18,25H,3-11,14,17,19H2,1-2H3. The number of nitrogens with one attached hydrogen (secondary N) is 1. The number of amides is 1. The van der Waals surface area contributed by atoms with Gasteiger partial charge in [0.15, 0.2) is 5.78 Å². The molecule has 4 heteroatoms. The number of rotatable bonds is 12. The van der Waals surface area contributed by atoms with Crippen molar-refractivity contribution in [3.8, 4) is 0 Å². The summed E-state index contributed by atoms with van der Waals surface area (Å²) >= 11 is 0. The number of carbonyl (C=O) groups excluding carboxylic acids is 2. The molecular formula is C24H36N2O2. The molecule has 1 aliphatic rings. The molecule has 2 rings (SSSR count). The lowest BCUT2D eigenvalue weighted by molar-refractivity contribution is -0.117. The van der Waals surface area contributed by atoms with Gasteiger partial charge in [-0.3, -0.25) is 9.59 Å². The first-order valence-corrected chi connectivity index (χ1v) is 11.0. The molecule has 1 heterocycles. The van der Waals surface area contributed by atoms with Gasteiger partial charge >= 0.3 is 0 Å². The molecule has 0 atom stereocenters. The van der Waals surface area contributed by atoms with E-state index in [0.29, 0.717) is 5.70 Å². The van der Waals surface area contributed by atoms with Crippen molar-refractivity contribution in [3.63, 3.8) is 0 Å². The number of nitrogens with zero attached hydrogens (tertiary/aromatic N) is 1. The van der Waals surface area contributed by atoms with Crippen LogP contribution in [0.25, 0.3) is 0 Å². The van der Waals surface area contributed by atoms with E-state index in [9.17, 15) is 9.59 Å². The Labute approximate surface area is 170 Å². The predicted molar refractivity (Wildman–Crippen MR) is 118 cm³/mol. The molecule has 1 aromatic carbocycles. The Hall–Kier alpha value is -2.10. The molecule has 4 nitrogen and oxygen atoms in total. The summed E-state index contributed by atoms with van der Waals surface area (Å²) in [5, 5.41) is 3.27. The van der Waals surface area contributed by atoms with E-state index >= 15 is 0 Å². The summed E-state index contributed by atoms with van der Waals surface area (Å²) in [5.41, 5.74) is 2.49. The molecule has 1 aromatic rings. The van der Waals surface area contributed by atoms with Crippen LogP contribution in [0.1, 0.15) is 84.5 Å². The van der Waals surface area contributed by atoms with Crippen LogP contribution < -0.4 is 10.2 Å². The van der Waals surface area contributed by atoms with Crippen molar-refractivity contribution in [3.05, 3.63) is 36.0 Å². The van der Waals surface area contributed by atoms with Crippen LogP contribution >= 0.6 is 0 Å². The Morgan fingerprint density at radius 2 is 1.61 bits per heavy atom. The third-order valence-corrected chi connectivity index (χ3v) is 5.25. The van der Waals surface area contributed by atoms with Crippen LogP contribution in [0.15, 0.2) is 36.0 Å². The van der Waals surface area contributed by atoms with Crippen molar-refractivity contribution < 1.29 is 9.59 Å². The van der Waals surface area contributed by atoms with Gasteiger partial charge in [-0.25, -0.2) is 0 Å². The van der Waals surface area contributed by atoms with Gasteiger partial charge in [0.2, 0.25) is 5.91 Å². The lowest BCUT2D eigenvalue weighted by atomic mass is 10.1. The molecule has 0 bridgehead atoms. The number of allylic oxidation sites excluding steroid dienone is 1. The van der Waals surface area contributed by atoms with Gasteiger partial charge in [0.05, 0.1) is 17.8 Å². The number of anilines is 2. The summed E-state index contributed by atoms with van der Waals surface area (Å²) in [6, 6.07) is 7.85. The zero-order valence-corrected chi connectivity index (χ0v) is 17.6. The van der Waals surface area contributed by atoms with E-state index in [4.69, 9.17) is 0 Å². The van der Waals surface area contributed by atoms with E-state index in [-0.39, 0.29) is 18.1 Å². The highest BCUT2D eigenvalue weighted by molar-refractivity contribution is 6.01. The Kier molecular flexibility index (Phi) is 9.81. The van der Waals surface area contributed by atoms with E-state index in [1.807, 2.05) is 29.2 Å². The minimum absolute atomic E-state index is 0.0454. The monoisotopic (exact) mass is 384 g/mol. The second kappa shape index (κ2) is 12.4. The number of hydrogen-bond donors (Lipinski definition) is 1. The highest BCUT2D eigenvalue weighted by Gasteiger charge is 2.23. The van der Waals surface area contributed by atoms with Crippen LogP contribution in [-0.4, -0.2) is 18.2 Å². The van der Waals surface area contributed by atoms with E-state index in [0.717, 1.165) is 30.8 Å². The summed E-state index contributed by atoms with van der Waals surface area (Å²) < 4.78 is 0. The van der Waals surface area contributed by atoms with Crippen LogP contribution in [0.5, 0.6) is 0 Å². The second-order valence-electron chi connectivity index (χ2n) is 7.83. The number of benzene rings is 1. The zero-order chi connectivity index (χ0) is 20.2. The fourth-order valence-corrected chi connectivity index (χ4v) is 3.76. The maximum Gasteiger partial charge on any atom is 0.232 e. The molecule has 0 saturated carbocycles. The third kappa shape index (κ3) is 7.49. The lowest BCUT2D eigenvalue weighted by Crippen LogP contribution is -2.31. The van der Waals surface area contributed by atoms with Crippen molar-refractivity contribution in [2.75, 3.05) is 16.8 Å². The van der Waals surface area contributed by atoms with E-state index in [1.165, 1.54) is 64.4 Å². The highest BCUT2D eigenvalue weighted by Crippen LogP contribution is 2.31. The SMILES string of the molecule is CCCCCCCCCCCCN1C(=O)CC(=CC(C)=O)Nc2ccccc21. The predicted octanol–water partition coefficient (Wildman–Crippen LogP) is 6.23. The number of fused-ring (bicyclic) bond motifs is 1. The molecule has 0 fully saturated rings. The highest BCUT2D eigenvalue weighted by atomic mass is 16.2. The van der Waals surface area contributed by atoms with Crippen molar-refractivity contribution in [1.82, 2.24) is 0 Å². The molecule has 0 saturated heterocycles. The largest absolute Gasteiger partial charge is 0.357 e. The third-order valence-electron chi connectivity index (χ3n) is 5.25. The molecule has 0 unspecified atom stereocenters. The summed E-state index contributed by atoms with van der Waals surface area (Å²) in [5.74, 6) is 0.0109. The van der Waals surface area contributed by atoms with E-state index in [1.54, 1.807) is 0 Å². The van der Waals surface area contributed by atoms with E-state index in [2.05, 4.69) is 12.2 Å². The molecule has 0 aliphatic carbocycles. The molecule has 0 radical (unpaired) electrons. The number of ketones is 1. The molecule has 0 aromatic heterocycles. The minimum Gasteiger partial charge on any atom is -0.357 e. The van der Waals surface area contributed by atoms with Gasteiger partial charge in [0, 0.05) is 18.3 Å². The Balaban J connectivity index is 1.81. The van der Waals surface area contributed by atoms with E-state index < -0.39 is 0 Å². The van der Waals surface area contributed by atoms with Gasteiger partial charge in [-0.05, 0) is 25.5 Å². The van der Waals surface area contributed by atoms with Crippen LogP contribution in [0, 0.1) is 0 Å². The topological polar surface area (TPSA) is 49.4 Å². The maximum absolute atomic E-state index is 12.8. The molecule has 28 heavy (non-hydrogen) atoms. The molecule has 0 spiro atoms. The molecule has 1 amide bonds. The van der Waals surface area contributed by atoms with Crippen LogP contribution in [0.3, 0.4) is 0 Å². The van der Waals surface area contributed by atoms with Gasteiger partial charge in [0.1, 0.15) is 0 Å². The Morgan fingerprint density at radius 1 is 1.00 bits per heavy atom. The minimum atomic E-state index is -0.0454. The summed E-state index contributed by atoms with van der Waals surface area (Å²) in [7, 11) is 0. The lowest BCUT2D eigenvalue weighted by Gasteiger charge is -2.22. The van der Waals surface area contributed by atoms with Crippen LogP contribution in [0.2, 0.25) is 0 Å². The van der Waals surface area contributed by atoms with Gasteiger partial charge in [-0.1, -0.05) is 76.8 Å². The maximum atomic E-state index is 12.8. The zero-order valence-electron chi connectivity index (χ0n) is 17.6. The number of carbonyl (C=O) groups is 2. The van der Waals surface area contributed by atoms with Gasteiger partial charge in [-0.15, -0.1) is 0 Å². The van der Waals surface area contributed by atoms with Crippen molar-refractivity contribution in [2.24, 2.45) is 0 Å². The van der Waals surface area contributed by atoms with Crippen molar-refractivity contribution >= 4 is 23.1 Å². The van der Waals surface area contributed by atoms with Crippen LogP contribution in [0.4, 0.5) is 11.4 Å². The average Bonchev–Trinajstić information content (AvgIpc) is 2.78. The summed E-state index contributed by atoms with van der Waals surface area (Å²) in [6.07, 6.45) is 14.6. The molecule has 1 N–H and O–H groups in total. The van der Waals surface area contributed by atoms with Gasteiger partial charge < -0.3 is 10.2 Å². The van der Waals surface area contributed by atoms with Gasteiger partial charge in [0.25, 0.3) is 0 Å². The summed E-state index contributed by atoms with van der Waals surface area (Å²) in [4.78, 5) is 26.1. The van der Waals surface area contributed by atoms with Crippen molar-refractivity contribution in [1.29, 1.82) is 0 Å². The first-order chi connectivity index (χ1) is 13.6. The Morgan fingerprint density at radius 3 is 2.25 bits per heavy atom. The molecule has 1 aliphatic heterocycles. The van der Waals surface area contributed by atoms with Crippen molar-refractivity contribution in [2.45, 2.75) is 84.5 Å². The summed E-state index contributed by atoms with van der Waals surface area (Å²) in [6.45, 7) is 4.50. The van der Waals surface area contributed by atoms with Gasteiger partial charge in [-0.2, -0.15) is 0 Å². The number of para-hydroxylation sites is 2. The fourth-order valence-electron chi connectivity index (χ4n) is 3.76. The Bertz CT molecular complexity index is 666. The first-order valence-electron chi connectivity index (χ1n) is 11.0. The molecular weight excluding hydrogens is 348 g/mol. The normalized spacial score (nSPS) is 15.3.